The average Bonchev–Trinajstić information content (AvgIpc) is 3.03. The number of aliphatic hydroxyl groups excluding tert-OH is 3. The topological polar surface area (TPSA) is 215 Å². The van der Waals surface area contributed by atoms with Gasteiger partial charge < -0.3 is 50.7 Å². The third kappa shape index (κ3) is 10.7. The van der Waals surface area contributed by atoms with Crippen molar-refractivity contribution in [2.75, 3.05) is 18.5 Å². The summed E-state index contributed by atoms with van der Waals surface area (Å²) in [5.41, 5.74) is -1.64. The van der Waals surface area contributed by atoms with Gasteiger partial charge >= 0.3 is 5.97 Å². The number of anilines is 1. The van der Waals surface area contributed by atoms with E-state index in [-0.39, 0.29) is 5.75 Å². The van der Waals surface area contributed by atoms with Crippen molar-refractivity contribution in [2.24, 2.45) is 0 Å². The summed E-state index contributed by atoms with van der Waals surface area (Å²) >= 11 is 0. The number of phenolic OH excluding ortho intramolecular Hbond substituents is 2. The van der Waals surface area contributed by atoms with Crippen LogP contribution in [0.3, 0.4) is 0 Å². The van der Waals surface area contributed by atoms with E-state index < -0.39 is 72.9 Å². The van der Waals surface area contributed by atoms with Crippen LogP contribution in [0.25, 0.3) is 6.08 Å². The molecule has 2 aromatic rings. The van der Waals surface area contributed by atoms with E-state index in [9.17, 15) is 45.0 Å². The molecule has 2 aromatic carbocycles. The predicted octanol–water partition coefficient (Wildman–Crippen LogP) is 2.12. The first kappa shape index (κ1) is 36.3. The molecule has 1 fully saturated rings. The van der Waals surface area contributed by atoms with Crippen LogP contribution in [-0.2, 0) is 19.1 Å². The maximum absolute atomic E-state index is 13.1. The predicted molar refractivity (Wildman–Crippen MR) is 168 cm³/mol. The van der Waals surface area contributed by atoms with Crippen LogP contribution < -0.4 is 15.4 Å². The van der Waals surface area contributed by atoms with Crippen LogP contribution in [-0.4, -0.2) is 91.6 Å². The number of ether oxygens (including phenoxy) is 2. The van der Waals surface area contributed by atoms with Crippen molar-refractivity contribution in [1.82, 2.24) is 5.32 Å². The number of rotatable bonds is 16. The summed E-state index contributed by atoms with van der Waals surface area (Å²) in [7, 11) is 0. The van der Waals surface area contributed by atoms with Crippen molar-refractivity contribution < 1.29 is 54.5 Å². The lowest BCUT2D eigenvalue weighted by Gasteiger charge is -2.40. The Hall–Kier alpha value is -4.17. The van der Waals surface area contributed by atoms with Gasteiger partial charge in [-0.05, 0) is 54.5 Å². The van der Waals surface area contributed by atoms with Gasteiger partial charge in [0.1, 0.15) is 29.6 Å². The Labute approximate surface area is 267 Å². The van der Waals surface area contributed by atoms with E-state index in [2.05, 4.69) is 17.6 Å². The maximum Gasteiger partial charge on any atom is 0.331 e. The van der Waals surface area contributed by atoms with Crippen molar-refractivity contribution in [3.8, 4) is 17.2 Å². The van der Waals surface area contributed by atoms with Gasteiger partial charge in [-0.2, -0.15) is 0 Å². The van der Waals surface area contributed by atoms with Crippen molar-refractivity contribution in [3.05, 3.63) is 54.1 Å². The smallest absolute Gasteiger partial charge is 0.331 e. The van der Waals surface area contributed by atoms with Gasteiger partial charge in [0.2, 0.25) is 5.91 Å². The van der Waals surface area contributed by atoms with E-state index in [0.29, 0.717) is 23.6 Å². The van der Waals surface area contributed by atoms with Crippen LogP contribution in [0.1, 0.15) is 63.9 Å². The first-order valence-corrected chi connectivity index (χ1v) is 15.4. The molecule has 1 aliphatic rings. The minimum atomic E-state index is -2.36. The number of hydrogen-bond donors (Lipinski definition) is 8. The lowest BCUT2D eigenvalue weighted by atomic mass is 9.78. The summed E-state index contributed by atoms with van der Waals surface area (Å²) in [6, 6.07) is 8.92. The van der Waals surface area contributed by atoms with Crippen LogP contribution >= 0.6 is 0 Å². The fourth-order valence-corrected chi connectivity index (χ4v) is 4.97. The molecule has 0 radical (unpaired) electrons. The molecule has 0 spiro atoms. The van der Waals surface area contributed by atoms with Gasteiger partial charge in [0, 0.05) is 24.6 Å². The molecule has 1 aliphatic carbocycles. The normalized spacial score (nSPS) is 21.8. The summed E-state index contributed by atoms with van der Waals surface area (Å²) in [5, 5.41) is 65.5. The fourth-order valence-electron chi connectivity index (χ4n) is 4.97. The summed E-state index contributed by atoms with van der Waals surface area (Å²) in [4.78, 5) is 38.3. The minimum Gasteiger partial charge on any atom is -0.504 e. The number of aliphatic hydroxyl groups is 4. The first-order valence-electron chi connectivity index (χ1n) is 15.4. The SMILES string of the molecule is CCCCCCCCOc1ccc(NC(=O)C(CO)NC(=O)[C@]2(O)C[C@@H](O)[C@@H](O)[C@H](OC(=O)/C=C/c3ccc(O)c(O)c3)C2)cc1. The molecule has 8 N–H and O–H groups in total. The molecule has 1 saturated carbocycles. The highest BCUT2D eigenvalue weighted by atomic mass is 16.6. The van der Waals surface area contributed by atoms with Crippen LogP contribution in [0.4, 0.5) is 5.69 Å². The van der Waals surface area contributed by atoms with Gasteiger partial charge in [0.15, 0.2) is 11.5 Å². The van der Waals surface area contributed by atoms with Gasteiger partial charge in [-0.3, -0.25) is 9.59 Å². The van der Waals surface area contributed by atoms with Crippen molar-refractivity contribution in [1.29, 1.82) is 0 Å². The third-order valence-corrected chi connectivity index (χ3v) is 7.66. The minimum absolute atomic E-state index is 0.341. The monoisotopic (exact) mass is 644 g/mol. The van der Waals surface area contributed by atoms with Crippen LogP contribution in [0.2, 0.25) is 0 Å². The Morgan fingerprint density at radius 1 is 0.978 bits per heavy atom. The molecule has 0 aliphatic heterocycles. The van der Waals surface area contributed by atoms with E-state index in [4.69, 9.17) is 9.47 Å². The molecule has 0 bridgehead atoms. The third-order valence-electron chi connectivity index (χ3n) is 7.66. The molecule has 5 atom stereocenters. The number of benzene rings is 2. The van der Waals surface area contributed by atoms with E-state index >= 15 is 0 Å². The molecule has 252 valence electrons. The van der Waals surface area contributed by atoms with Gasteiger partial charge in [-0.25, -0.2) is 4.79 Å². The summed E-state index contributed by atoms with van der Waals surface area (Å²) in [5.74, 6) is -3.01. The highest BCUT2D eigenvalue weighted by molar-refractivity contribution is 5.98. The zero-order valence-electron chi connectivity index (χ0n) is 25.8. The Morgan fingerprint density at radius 3 is 2.35 bits per heavy atom. The molecule has 46 heavy (non-hydrogen) atoms. The fraction of sp³-hybridized carbons (Fsp3) is 0.485. The van der Waals surface area contributed by atoms with Crippen LogP contribution in [0, 0.1) is 0 Å². The summed E-state index contributed by atoms with van der Waals surface area (Å²) in [6.07, 6.45) is 3.03. The summed E-state index contributed by atoms with van der Waals surface area (Å²) < 4.78 is 10.9. The molecule has 13 heteroatoms. The molecule has 2 amide bonds. The number of esters is 1. The second-order valence-electron chi connectivity index (χ2n) is 11.4. The Kier molecular flexibility index (Phi) is 13.8. The molecular weight excluding hydrogens is 600 g/mol. The van der Waals surface area contributed by atoms with Crippen molar-refractivity contribution in [3.63, 3.8) is 0 Å². The average molecular weight is 645 g/mol. The highest BCUT2D eigenvalue weighted by Crippen LogP contribution is 2.32. The highest BCUT2D eigenvalue weighted by Gasteiger charge is 2.50. The Bertz CT molecular complexity index is 1330. The molecule has 3 rings (SSSR count). The maximum atomic E-state index is 13.1. The van der Waals surface area contributed by atoms with Gasteiger partial charge in [-0.1, -0.05) is 45.1 Å². The van der Waals surface area contributed by atoms with Crippen molar-refractivity contribution in [2.45, 2.75) is 88.2 Å². The number of aromatic hydroxyl groups is 2. The van der Waals surface area contributed by atoms with Crippen LogP contribution in [0.5, 0.6) is 17.2 Å². The number of carbonyl (C=O) groups is 3. The first-order chi connectivity index (χ1) is 21.9. The lowest BCUT2D eigenvalue weighted by Crippen LogP contribution is -2.62. The second kappa shape index (κ2) is 17.5. The van der Waals surface area contributed by atoms with Gasteiger partial charge in [-0.15, -0.1) is 0 Å². The molecule has 0 aromatic heterocycles. The molecular formula is C33H44N2O11. The zero-order valence-corrected chi connectivity index (χ0v) is 25.8. The van der Waals surface area contributed by atoms with Gasteiger partial charge in [0.25, 0.3) is 5.91 Å². The number of carbonyl (C=O) groups excluding carboxylic acids is 3. The summed E-state index contributed by atoms with van der Waals surface area (Å²) in [6.45, 7) is 1.94. The second-order valence-corrected chi connectivity index (χ2v) is 11.4. The Balaban J connectivity index is 1.53. The van der Waals surface area contributed by atoms with E-state index in [1.54, 1.807) is 24.3 Å². The quantitative estimate of drug-likeness (QED) is 0.0573. The largest absolute Gasteiger partial charge is 0.504 e. The standard InChI is InChI=1S/C33H44N2O11/c1-2-3-4-5-6-7-16-45-23-12-10-22(11-13-23)34-31(42)24(20-36)35-32(43)33(44)18-27(39)30(41)28(19-33)46-29(40)15-9-21-8-14-25(37)26(38)17-21/h8-15,17,24,27-28,30,36-39,41,44H,2-7,16,18-20H2,1H3,(H,34,42)(H,35,43)/b15-9+/t24?,27-,28-,30-,33+/m1/s1. The van der Waals surface area contributed by atoms with Gasteiger partial charge in [0.05, 0.1) is 19.3 Å². The number of hydrogen-bond acceptors (Lipinski definition) is 11. The number of amides is 2. The van der Waals surface area contributed by atoms with Crippen LogP contribution in [0.15, 0.2) is 48.5 Å². The molecule has 0 saturated heterocycles. The molecule has 1 unspecified atom stereocenters. The number of nitrogens with one attached hydrogen (secondary N) is 2. The number of phenols is 2. The Morgan fingerprint density at radius 2 is 1.67 bits per heavy atom. The number of unbranched alkanes of at least 4 members (excludes halogenated alkanes) is 5. The zero-order chi connectivity index (χ0) is 33.7. The lowest BCUT2D eigenvalue weighted by molar-refractivity contribution is -0.187. The van der Waals surface area contributed by atoms with E-state index in [0.717, 1.165) is 18.9 Å². The molecule has 0 heterocycles. The molecule has 13 nitrogen and oxygen atoms in total. The van der Waals surface area contributed by atoms with E-state index in [1.165, 1.54) is 50.0 Å². The van der Waals surface area contributed by atoms with Crippen molar-refractivity contribution >= 4 is 29.5 Å². The van der Waals surface area contributed by atoms with E-state index in [1.807, 2.05) is 0 Å².